The van der Waals surface area contributed by atoms with E-state index in [0.29, 0.717) is 18.8 Å². The van der Waals surface area contributed by atoms with Crippen LogP contribution in [0.25, 0.3) is 0 Å². The lowest BCUT2D eigenvalue weighted by Crippen LogP contribution is -2.52. The molecule has 5 nitrogen and oxygen atoms in total. The van der Waals surface area contributed by atoms with Gasteiger partial charge in [0.2, 0.25) is 0 Å². The van der Waals surface area contributed by atoms with Crippen LogP contribution in [-0.4, -0.2) is 67.9 Å². The molecule has 2 fully saturated rings. The monoisotopic (exact) mass is 308 g/mol. The third-order valence-corrected chi connectivity index (χ3v) is 6.10. The van der Waals surface area contributed by atoms with Gasteiger partial charge in [0.25, 0.3) is 5.91 Å². The van der Waals surface area contributed by atoms with Crippen molar-refractivity contribution in [2.45, 2.75) is 12.5 Å². The van der Waals surface area contributed by atoms with Crippen molar-refractivity contribution in [1.82, 2.24) is 9.80 Å². The predicted octanol–water partition coefficient (Wildman–Crippen LogP) is 0.631. The smallest absolute Gasteiger partial charge is 0.253 e. The Hall–Kier alpha value is -1.40. The van der Waals surface area contributed by atoms with Gasteiger partial charge in [-0.15, -0.1) is 0 Å². The van der Waals surface area contributed by atoms with Crippen LogP contribution in [0.15, 0.2) is 30.3 Å². The van der Waals surface area contributed by atoms with Crippen LogP contribution in [0.3, 0.4) is 0 Å². The van der Waals surface area contributed by atoms with Crippen molar-refractivity contribution in [3.05, 3.63) is 35.9 Å². The van der Waals surface area contributed by atoms with Crippen molar-refractivity contribution < 1.29 is 13.2 Å². The van der Waals surface area contributed by atoms with Crippen LogP contribution in [0, 0.1) is 0 Å². The molecule has 2 saturated heterocycles. The topological polar surface area (TPSA) is 57.7 Å². The maximum atomic E-state index is 12.3. The fourth-order valence-corrected chi connectivity index (χ4v) is 4.88. The SMILES string of the molecule is O=C(c1ccccc1)N1CCN([C@H]2CCS(=O)(=O)C2)CC1. The van der Waals surface area contributed by atoms with Gasteiger partial charge < -0.3 is 4.90 Å². The summed E-state index contributed by atoms with van der Waals surface area (Å²) in [7, 11) is -2.84. The number of sulfone groups is 1. The molecule has 0 N–H and O–H groups in total. The van der Waals surface area contributed by atoms with Gasteiger partial charge in [-0.05, 0) is 18.6 Å². The van der Waals surface area contributed by atoms with Gasteiger partial charge in [0.05, 0.1) is 11.5 Å². The summed E-state index contributed by atoms with van der Waals surface area (Å²) in [4.78, 5) is 16.4. The lowest BCUT2D eigenvalue weighted by molar-refractivity contribution is 0.0588. The molecule has 1 aromatic carbocycles. The average molecular weight is 308 g/mol. The van der Waals surface area contributed by atoms with Crippen molar-refractivity contribution in [1.29, 1.82) is 0 Å². The summed E-state index contributed by atoms with van der Waals surface area (Å²) in [5.41, 5.74) is 0.717. The molecule has 0 radical (unpaired) electrons. The zero-order chi connectivity index (χ0) is 14.9. The fraction of sp³-hybridized carbons (Fsp3) is 0.533. The Bertz CT molecular complexity index is 607. The van der Waals surface area contributed by atoms with Crippen LogP contribution < -0.4 is 0 Å². The number of rotatable bonds is 2. The normalized spacial score (nSPS) is 25.9. The Labute approximate surface area is 125 Å². The molecule has 21 heavy (non-hydrogen) atoms. The van der Waals surface area contributed by atoms with Crippen LogP contribution in [-0.2, 0) is 9.84 Å². The van der Waals surface area contributed by atoms with E-state index in [2.05, 4.69) is 4.90 Å². The van der Waals surface area contributed by atoms with Crippen LogP contribution >= 0.6 is 0 Å². The van der Waals surface area contributed by atoms with E-state index in [1.807, 2.05) is 35.2 Å². The fourth-order valence-electron chi connectivity index (χ4n) is 3.12. The molecule has 114 valence electrons. The maximum Gasteiger partial charge on any atom is 0.253 e. The number of nitrogens with zero attached hydrogens (tertiary/aromatic N) is 2. The van der Waals surface area contributed by atoms with E-state index in [0.717, 1.165) is 25.1 Å². The zero-order valence-electron chi connectivity index (χ0n) is 11.9. The molecular weight excluding hydrogens is 288 g/mol. The number of hydrogen-bond donors (Lipinski definition) is 0. The number of benzene rings is 1. The van der Waals surface area contributed by atoms with Crippen LogP contribution in [0.4, 0.5) is 0 Å². The minimum Gasteiger partial charge on any atom is -0.336 e. The molecule has 1 aromatic rings. The van der Waals surface area contributed by atoms with Gasteiger partial charge in [-0.1, -0.05) is 18.2 Å². The maximum absolute atomic E-state index is 12.3. The molecule has 0 aliphatic carbocycles. The first kappa shape index (κ1) is 14.5. The molecule has 1 atom stereocenters. The highest BCUT2D eigenvalue weighted by molar-refractivity contribution is 7.91. The molecule has 0 saturated carbocycles. The van der Waals surface area contributed by atoms with E-state index in [4.69, 9.17) is 0 Å². The Morgan fingerprint density at radius 2 is 1.71 bits per heavy atom. The lowest BCUT2D eigenvalue weighted by atomic mass is 10.1. The predicted molar refractivity (Wildman–Crippen MR) is 81.0 cm³/mol. The second kappa shape index (κ2) is 5.77. The first-order valence-corrected chi connectivity index (χ1v) is 9.16. The van der Waals surface area contributed by atoms with Gasteiger partial charge >= 0.3 is 0 Å². The minimum absolute atomic E-state index is 0.0642. The minimum atomic E-state index is -2.84. The first-order valence-electron chi connectivity index (χ1n) is 7.34. The molecule has 3 rings (SSSR count). The first-order chi connectivity index (χ1) is 10.1. The van der Waals surface area contributed by atoms with Gasteiger partial charge in [-0.3, -0.25) is 9.69 Å². The highest BCUT2D eigenvalue weighted by Crippen LogP contribution is 2.19. The third-order valence-electron chi connectivity index (χ3n) is 4.35. The van der Waals surface area contributed by atoms with E-state index in [1.54, 1.807) is 0 Å². The van der Waals surface area contributed by atoms with Crippen molar-refractivity contribution in [2.75, 3.05) is 37.7 Å². The Morgan fingerprint density at radius 3 is 2.29 bits per heavy atom. The molecule has 6 heteroatoms. The second-order valence-corrected chi connectivity index (χ2v) is 7.98. The van der Waals surface area contributed by atoms with Crippen LogP contribution in [0.2, 0.25) is 0 Å². The molecule has 0 spiro atoms. The lowest BCUT2D eigenvalue weighted by Gasteiger charge is -2.37. The summed E-state index contributed by atoms with van der Waals surface area (Å²) in [6, 6.07) is 9.44. The van der Waals surface area contributed by atoms with E-state index >= 15 is 0 Å². The third kappa shape index (κ3) is 3.27. The van der Waals surface area contributed by atoms with Crippen molar-refractivity contribution in [3.63, 3.8) is 0 Å². The Kier molecular flexibility index (Phi) is 3.99. The molecule has 2 heterocycles. The second-order valence-electron chi connectivity index (χ2n) is 5.75. The number of hydrogen-bond acceptors (Lipinski definition) is 4. The molecule has 0 bridgehead atoms. The van der Waals surface area contributed by atoms with Gasteiger partial charge in [0.1, 0.15) is 0 Å². The van der Waals surface area contributed by atoms with E-state index in [9.17, 15) is 13.2 Å². The highest BCUT2D eigenvalue weighted by Gasteiger charge is 2.34. The molecule has 0 aromatic heterocycles. The van der Waals surface area contributed by atoms with E-state index in [1.165, 1.54) is 0 Å². The van der Waals surface area contributed by atoms with Gasteiger partial charge in [0.15, 0.2) is 9.84 Å². The molecule has 0 unspecified atom stereocenters. The largest absolute Gasteiger partial charge is 0.336 e. The Morgan fingerprint density at radius 1 is 1.05 bits per heavy atom. The summed E-state index contributed by atoms with van der Waals surface area (Å²) < 4.78 is 23.1. The van der Waals surface area contributed by atoms with Crippen molar-refractivity contribution in [3.8, 4) is 0 Å². The Balaban J connectivity index is 1.57. The number of piperazine rings is 1. The van der Waals surface area contributed by atoms with Crippen molar-refractivity contribution in [2.24, 2.45) is 0 Å². The summed E-state index contributed by atoms with van der Waals surface area (Å²) in [5.74, 6) is 0.648. The standard InChI is InChI=1S/C15H20N2O3S/c18-15(13-4-2-1-3-5-13)17-9-7-16(8-10-17)14-6-11-21(19,20)12-14/h1-5,14H,6-12H2/t14-/m0/s1. The molecular formula is C15H20N2O3S. The molecule has 2 aliphatic rings. The zero-order valence-corrected chi connectivity index (χ0v) is 12.8. The molecule has 2 aliphatic heterocycles. The summed E-state index contributed by atoms with van der Waals surface area (Å²) in [5, 5.41) is 0. The van der Waals surface area contributed by atoms with Crippen LogP contribution in [0.1, 0.15) is 16.8 Å². The van der Waals surface area contributed by atoms with E-state index < -0.39 is 9.84 Å². The number of amides is 1. The van der Waals surface area contributed by atoms with Crippen LogP contribution in [0.5, 0.6) is 0 Å². The highest BCUT2D eigenvalue weighted by atomic mass is 32.2. The number of carbonyl (C=O) groups is 1. The summed E-state index contributed by atoms with van der Waals surface area (Å²) in [6.45, 7) is 2.87. The van der Waals surface area contributed by atoms with Gasteiger partial charge in [0, 0.05) is 37.8 Å². The molecule has 1 amide bonds. The van der Waals surface area contributed by atoms with Gasteiger partial charge in [-0.25, -0.2) is 8.42 Å². The van der Waals surface area contributed by atoms with E-state index in [-0.39, 0.29) is 17.7 Å². The number of carbonyl (C=O) groups excluding carboxylic acids is 1. The quantitative estimate of drug-likeness (QED) is 0.804. The summed E-state index contributed by atoms with van der Waals surface area (Å²) in [6.07, 6.45) is 0.731. The van der Waals surface area contributed by atoms with Crippen molar-refractivity contribution >= 4 is 15.7 Å². The average Bonchev–Trinajstić information content (AvgIpc) is 2.88. The summed E-state index contributed by atoms with van der Waals surface area (Å²) >= 11 is 0. The van der Waals surface area contributed by atoms with Gasteiger partial charge in [-0.2, -0.15) is 0 Å².